The Morgan fingerprint density at radius 2 is 1.52 bits per heavy atom. The monoisotopic (exact) mass is 466 g/mol. The standard InChI is InChI=1S/C21H26N2O10/c1-11-17(20(28)32-9-15(26)7-24)19(13-4-3-5-14(6-13)23(30)31)18(12(2)22-11)21(29)33-10-16(27)8-25/h3-6,15-16,19,22,24-27H,7-10H2,1-2H3. The van der Waals surface area contributed by atoms with Crippen LogP contribution in [0.1, 0.15) is 25.3 Å². The van der Waals surface area contributed by atoms with Crippen LogP contribution >= 0.6 is 0 Å². The number of nitrogens with zero attached hydrogens (tertiary/aromatic N) is 1. The van der Waals surface area contributed by atoms with Gasteiger partial charge in [0.2, 0.25) is 0 Å². The van der Waals surface area contributed by atoms with E-state index in [1.54, 1.807) is 13.8 Å². The lowest BCUT2D eigenvalue weighted by molar-refractivity contribution is -0.384. The van der Waals surface area contributed by atoms with E-state index in [9.17, 15) is 29.9 Å². The molecule has 0 radical (unpaired) electrons. The van der Waals surface area contributed by atoms with E-state index < -0.39 is 61.4 Å². The third-order valence-corrected chi connectivity index (χ3v) is 4.85. The molecule has 180 valence electrons. The zero-order chi connectivity index (χ0) is 24.7. The summed E-state index contributed by atoms with van der Waals surface area (Å²) in [5, 5.41) is 51.1. The molecule has 1 heterocycles. The summed E-state index contributed by atoms with van der Waals surface area (Å²) in [5.41, 5.74) is 0.461. The van der Waals surface area contributed by atoms with Gasteiger partial charge < -0.3 is 35.2 Å². The highest BCUT2D eigenvalue weighted by Gasteiger charge is 2.38. The number of aliphatic hydroxyl groups is 4. The molecular weight excluding hydrogens is 440 g/mol. The first kappa shape index (κ1) is 25.9. The number of dihydropyridines is 1. The Bertz CT molecular complexity index is 924. The number of benzene rings is 1. The summed E-state index contributed by atoms with van der Waals surface area (Å²) in [6, 6.07) is 5.36. The number of nitro groups is 1. The number of hydrogen-bond acceptors (Lipinski definition) is 11. The lowest BCUT2D eigenvalue weighted by atomic mass is 9.80. The van der Waals surface area contributed by atoms with Gasteiger partial charge in [-0.15, -0.1) is 0 Å². The van der Waals surface area contributed by atoms with Crippen molar-refractivity contribution in [2.75, 3.05) is 26.4 Å². The van der Waals surface area contributed by atoms with E-state index in [2.05, 4.69) is 5.32 Å². The number of rotatable bonds is 10. The Hall–Kier alpha value is -3.32. The van der Waals surface area contributed by atoms with Gasteiger partial charge in [0.05, 0.1) is 35.2 Å². The molecule has 0 saturated heterocycles. The molecule has 0 aromatic heterocycles. The van der Waals surface area contributed by atoms with E-state index in [0.29, 0.717) is 11.4 Å². The number of allylic oxidation sites excluding steroid dienone is 2. The highest BCUT2D eigenvalue weighted by Crippen LogP contribution is 2.40. The number of carbonyl (C=O) groups excluding carboxylic acids is 2. The Kier molecular flexibility index (Phi) is 9.05. The van der Waals surface area contributed by atoms with E-state index >= 15 is 0 Å². The predicted octanol–water partition coefficient (Wildman–Crippen LogP) is -0.378. The number of nitro benzene ring substituents is 1. The second-order valence-corrected chi connectivity index (χ2v) is 7.36. The third-order valence-electron chi connectivity index (χ3n) is 4.85. The molecule has 33 heavy (non-hydrogen) atoms. The van der Waals surface area contributed by atoms with Gasteiger partial charge in [-0.25, -0.2) is 9.59 Å². The molecule has 2 rings (SSSR count). The number of hydrogen-bond donors (Lipinski definition) is 5. The molecule has 1 aromatic rings. The van der Waals surface area contributed by atoms with Crippen molar-refractivity contribution >= 4 is 17.6 Å². The molecule has 0 fully saturated rings. The molecule has 0 saturated carbocycles. The molecule has 2 unspecified atom stereocenters. The summed E-state index contributed by atoms with van der Waals surface area (Å²) in [5.74, 6) is -2.97. The van der Waals surface area contributed by atoms with Gasteiger partial charge in [-0.1, -0.05) is 12.1 Å². The number of nitrogens with one attached hydrogen (secondary N) is 1. The van der Waals surface area contributed by atoms with Crippen molar-refractivity contribution in [3.63, 3.8) is 0 Å². The van der Waals surface area contributed by atoms with E-state index in [4.69, 9.17) is 19.7 Å². The minimum atomic E-state index is -1.32. The normalized spacial score (nSPS) is 17.8. The van der Waals surface area contributed by atoms with Crippen LogP contribution in [0.4, 0.5) is 5.69 Å². The van der Waals surface area contributed by atoms with Gasteiger partial charge in [-0.3, -0.25) is 10.1 Å². The molecule has 12 heteroatoms. The van der Waals surface area contributed by atoms with Crippen LogP contribution in [0.3, 0.4) is 0 Å². The highest BCUT2D eigenvalue weighted by atomic mass is 16.6. The van der Waals surface area contributed by atoms with Crippen molar-refractivity contribution in [2.45, 2.75) is 32.0 Å². The van der Waals surface area contributed by atoms with Crippen molar-refractivity contribution in [1.29, 1.82) is 0 Å². The fraction of sp³-hybridized carbons (Fsp3) is 0.429. The van der Waals surface area contributed by atoms with Crippen molar-refractivity contribution in [2.24, 2.45) is 0 Å². The molecule has 5 N–H and O–H groups in total. The molecule has 2 atom stereocenters. The second-order valence-electron chi connectivity index (χ2n) is 7.36. The van der Waals surface area contributed by atoms with Crippen molar-refractivity contribution in [1.82, 2.24) is 5.32 Å². The van der Waals surface area contributed by atoms with Crippen LogP contribution < -0.4 is 5.32 Å². The van der Waals surface area contributed by atoms with Gasteiger partial charge in [0.25, 0.3) is 5.69 Å². The summed E-state index contributed by atoms with van der Waals surface area (Å²) in [4.78, 5) is 36.5. The third kappa shape index (κ3) is 6.35. The van der Waals surface area contributed by atoms with E-state index in [-0.39, 0.29) is 22.4 Å². The first-order valence-corrected chi connectivity index (χ1v) is 9.95. The Morgan fingerprint density at radius 1 is 1.03 bits per heavy atom. The molecule has 1 aromatic carbocycles. The summed E-state index contributed by atoms with van der Waals surface area (Å²) < 4.78 is 10.2. The first-order chi connectivity index (χ1) is 15.6. The van der Waals surface area contributed by atoms with Crippen LogP contribution in [0.25, 0.3) is 0 Å². The van der Waals surface area contributed by atoms with Gasteiger partial charge in [-0.05, 0) is 19.4 Å². The molecule has 0 spiro atoms. The van der Waals surface area contributed by atoms with E-state index in [1.165, 1.54) is 24.3 Å². The maximum absolute atomic E-state index is 12.9. The largest absolute Gasteiger partial charge is 0.459 e. The summed E-state index contributed by atoms with van der Waals surface area (Å²) in [7, 11) is 0. The number of esters is 2. The fourth-order valence-electron chi connectivity index (χ4n) is 3.29. The lowest BCUT2D eigenvalue weighted by Gasteiger charge is -2.30. The number of aliphatic hydroxyl groups excluding tert-OH is 4. The van der Waals surface area contributed by atoms with Crippen molar-refractivity contribution in [3.8, 4) is 0 Å². The van der Waals surface area contributed by atoms with E-state index in [1.807, 2.05) is 0 Å². The average molecular weight is 466 g/mol. The minimum absolute atomic E-state index is 0.0547. The van der Waals surface area contributed by atoms with Crippen LogP contribution in [0.2, 0.25) is 0 Å². The molecule has 12 nitrogen and oxygen atoms in total. The van der Waals surface area contributed by atoms with Gasteiger partial charge in [0.1, 0.15) is 25.4 Å². The second kappa shape index (κ2) is 11.5. The number of non-ortho nitro benzene ring substituents is 1. The van der Waals surface area contributed by atoms with Crippen molar-refractivity contribution < 1.29 is 44.4 Å². The number of ether oxygens (including phenoxy) is 2. The topological polar surface area (TPSA) is 189 Å². The maximum atomic E-state index is 12.9. The molecule has 0 aliphatic carbocycles. The molecule has 0 bridgehead atoms. The first-order valence-electron chi connectivity index (χ1n) is 9.95. The number of carbonyl (C=O) groups is 2. The lowest BCUT2D eigenvalue weighted by Crippen LogP contribution is -2.34. The van der Waals surface area contributed by atoms with Gasteiger partial charge in [-0.2, -0.15) is 0 Å². The van der Waals surface area contributed by atoms with Crippen LogP contribution in [0.5, 0.6) is 0 Å². The highest BCUT2D eigenvalue weighted by molar-refractivity contribution is 6.00. The Balaban J connectivity index is 2.54. The SMILES string of the molecule is CC1=C(C(=O)OCC(O)CO)C(c2cccc([N+](=O)[O-])c2)C(C(=O)OCC(O)CO)=C(C)N1. The van der Waals surface area contributed by atoms with Gasteiger partial charge in [0.15, 0.2) is 0 Å². The average Bonchev–Trinajstić information content (AvgIpc) is 2.79. The molecule has 0 amide bonds. The molecular formula is C21H26N2O10. The predicted molar refractivity (Wildman–Crippen MR) is 112 cm³/mol. The summed E-state index contributed by atoms with van der Waals surface area (Å²) in [6.45, 7) is 0.788. The van der Waals surface area contributed by atoms with Gasteiger partial charge >= 0.3 is 11.9 Å². The maximum Gasteiger partial charge on any atom is 0.336 e. The Labute approximate surface area is 188 Å². The zero-order valence-corrected chi connectivity index (χ0v) is 18.1. The fourth-order valence-corrected chi connectivity index (χ4v) is 3.29. The quantitative estimate of drug-likeness (QED) is 0.172. The van der Waals surface area contributed by atoms with Crippen LogP contribution in [0.15, 0.2) is 46.8 Å². The molecule has 1 aliphatic heterocycles. The van der Waals surface area contributed by atoms with E-state index in [0.717, 1.165) is 0 Å². The summed E-state index contributed by atoms with van der Waals surface area (Å²) >= 11 is 0. The van der Waals surface area contributed by atoms with Crippen LogP contribution in [-0.2, 0) is 19.1 Å². The van der Waals surface area contributed by atoms with Crippen LogP contribution in [0, 0.1) is 10.1 Å². The smallest absolute Gasteiger partial charge is 0.336 e. The molecule has 1 aliphatic rings. The summed E-state index contributed by atoms with van der Waals surface area (Å²) in [6.07, 6.45) is -2.63. The minimum Gasteiger partial charge on any atom is -0.459 e. The van der Waals surface area contributed by atoms with Gasteiger partial charge in [0, 0.05) is 23.5 Å². The van der Waals surface area contributed by atoms with Crippen LogP contribution in [-0.4, -0.2) is 75.9 Å². The zero-order valence-electron chi connectivity index (χ0n) is 18.1. The van der Waals surface area contributed by atoms with Crippen molar-refractivity contribution in [3.05, 3.63) is 62.5 Å². The Morgan fingerprint density at radius 3 is 1.94 bits per heavy atom.